The molecule has 0 N–H and O–H groups in total. The topological polar surface area (TPSA) is 49.9 Å². The van der Waals surface area contributed by atoms with Crippen LogP contribution in [-0.2, 0) is 11.2 Å². The molecule has 5 nitrogen and oxygen atoms in total. The Morgan fingerprint density at radius 3 is 2.56 bits per heavy atom. The molecule has 0 fully saturated rings. The molecule has 2 amide bonds. The Hall–Kier alpha value is -3.26. The molecule has 36 heavy (non-hydrogen) atoms. The lowest BCUT2D eigenvalue weighted by molar-refractivity contribution is -0.135. The number of hydrogen-bond acceptors (Lipinski definition) is 4. The molecule has 2 aromatic carbocycles. The maximum atomic E-state index is 14.4. The number of ether oxygens (including phenoxy) is 1. The summed E-state index contributed by atoms with van der Waals surface area (Å²) in [4.78, 5) is 31.2. The molecule has 4 rings (SSSR count). The third kappa shape index (κ3) is 5.75. The third-order valence-corrected chi connectivity index (χ3v) is 7.59. The lowest BCUT2D eigenvalue weighted by Crippen LogP contribution is -2.48. The summed E-state index contributed by atoms with van der Waals surface area (Å²) < 4.78 is 34.4. The van der Waals surface area contributed by atoms with E-state index in [0.717, 1.165) is 12.0 Å². The van der Waals surface area contributed by atoms with Crippen LogP contribution in [0.1, 0.15) is 47.1 Å². The monoisotopic (exact) mass is 512 g/mol. The highest BCUT2D eigenvalue weighted by Gasteiger charge is 2.34. The lowest BCUT2D eigenvalue weighted by atomic mass is 10.00. The number of rotatable bonds is 9. The van der Waals surface area contributed by atoms with E-state index in [0.29, 0.717) is 19.5 Å². The third-order valence-electron chi connectivity index (χ3n) is 6.60. The molecule has 190 valence electrons. The van der Waals surface area contributed by atoms with E-state index < -0.39 is 23.6 Å². The molecule has 2 heterocycles. The van der Waals surface area contributed by atoms with Gasteiger partial charge in [0, 0.05) is 18.0 Å². The van der Waals surface area contributed by atoms with Gasteiger partial charge in [-0.15, -0.1) is 11.3 Å². The van der Waals surface area contributed by atoms with Gasteiger partial charge in [-0.05, 0) is 53.6 Å². The zero-order chi connectivity index (χ0) is 25.7. The van der Waals surface area contributed by atoms with Crippen molar-refractivity contribution in [2.24, 2.45) is 5.92 Å². The van der Waals surface area contributed by atoms with Crippen LogP contribution in [0.15, 0.2) is 60.0 Å². The summed E-state index contributed by atoms with van der Waals surface area (Å²) in [6.45, 7) is 4.72. The first-order valence-electron chi connectivity index (χ1n) is 12.2. The second-order valence-corrected chi connectivity index (χ2v) is 10.1. The van der Waals surface area contributed by atoms with Gasteiger partial charge < -0.3 is 14.5 Å². The first-order valence-corrected chi connectivity index (χ1v) is 13.0. The van der Waals surface area contributed by atoms with Crippen molar-refractivity contribution in [2.45, 2.75) is 32.7 Å². The van der Waals surface area contributed by atoms with Crippen LogP contribution in [0, 0.1) is 17.6 Å². The first-order chi connectivity index (χ1) is 17.4. The van der Waals surface area contributed by atoms with Crippen molar-refractivity contribution in [1.29, 1.82) is 0 Å². The molecule has 2 unspecified atom stereocenters. The molecular weight excluding hydrogens is 482 g/mol. The summed E-state index contributed by atoms with van der Waals surface area (Å²) in [5, 5.41) is 1.98. The summed E-state index contributed by atoms with van der Waals surface area (Å²) >= 11 is 1.62. The Morgan fingerprint density at radius 1 is 1.11 bits per heavy atom. The molecule has 0 saturated carbocycles. The highest BCUT2D eigenvalue weighted by Crippen LogP contribution is 2.34. The highest BCUT2D eigenvalue weighted by atomic mass is 32.1. The number of benzene rings is 2. The second kappa shape index (κ2) is 11.6. The van der Waals surface area contributed by atoms with Crippen molar-refractivity contribution in [3.8, 4) is 5.75 Å². The molecule has 3 aromatic rings. The Morgan fingerprint density at radius 2 is 1.83 bits per heavy atom. The van der Waals surface area contributed by atoms with Crippen molar-refractivity contribution in [2.75, 3.05) is 26.2 Å². The number of fused-ring (bicyclic) bond motifs is 1. The van der Waals surface area contributed by atoms with Gasteiger partial charge >= 0.3 is 0 Å². The highest BCUT2D eigenvalue weighted by molar-refractivity contribution is 7.10. The molecule has 0 radical (unpaired) electrons. The van der Waals surface area contributed by atoms with E-state index in [4.69, 9.17) is 4.74 Å². The molecule has 0 spiro atoms. The SMILES string of the molecule is CCC(C)CN(CC(=O)N1CCc2sccc2C1COc1ccccc1F)C(=O)c1ccccc1F. The number of para-hydroxylation sites is 1. The quantitative estimate of drug-likeness (QED) is 0.369. The van der Waals surface area contributed by atoms with Crippen LogP contribution >= 0.6 is 11.3 Å². The van der Waals surface area contributed by atoms with E-state index in [9.17, 15) is 18.4 Å². The van der Waals surface area contributed by atoms with Crippen LogP contribution in [-0.4, -0.2) is 47.9 Å². The van der Waals surface area contributed by atoms with Crippen LogP contribution in [0.2, 0.25) is 0 Å². The Bertz CT molecular complexity index is 1210. The van der Waals surface area contributed by atoms with Gasteiger partial charge in [-0.3, -0.25) is 9.59 Å². The normalized spacial score (nSPS) is 15.8. The number of thiophene rings is 1. The fraction of sp³-hybridized carbons (Fsp3) is 0.357. The van der Waals surface area contributed by atoms with Crippen LogP contribution in [0.5, 0.6) is 5.75 Å². The van der Waals surface area contributed by atoms with Crippen LogP contribution in [0.4, 0.5) is 8.78 Å². The number of nitrogens with zero attached hydrogens (tertiary/aromatic N) is 2. The summed E-state index contributed by atoms with van der Waals surface area (Å²) in [5.41, 5.74) is 0.927. The van der Waals surface area contributed by atoms with E-state index in [2.05, 4.69) is 0 Å². The van der Waals surface area contributed by atoms with E-state index in [1.165, 1.54) is 34.0 Å². The van der Waals surface area contributed by atoms with Crippen molar-refractivity contribution in [1.82, 2.24) is 9.80 Å². The fourth-order valence-corrected chi connectivity index (χ4v) is 5.32. The van der Waals surface area contributed by atoms with Gasteiger partial charge in [-0.25, -0.2) is 8.78 Å². The molecule has 1 aromatic heterocycles. The molecular formula is C28H30F2N2O3S. The first kappa shape index (κ1) is 25.8. The van der Waals surface area contributed by atoms with E-state index in [1.807, 2.05) is 25.3 Å². The van der Waals surface area contributed by atoms with Gasteiger partial charge in [0.1, 0.15) is 19.0 Å². The van der Waals surface area contributed by atoms with Gasteiger partial charge in [0.2, 0.25) is 5.91 Å². The average Bonchev–Trinajstić information content (AvgIpc) is 3.36. The van der Waals surface area contributed by atoms with Gasteiger partial charge in [0.15, 0.2) is 11.6 Å². The summed E-state index contributed by atoms with van der Waals surface area (Å²) in [7, 11) is 0. The molecule has 0 saturated heterocycles. The van der Waals surface area contributed by atoms with Gasteiger partial charge in [0.05, 0.1) is 11.6 Å². The maximum Gasteiger partial charge on any atom is 0.257 e. The van der Waals surface area contributed by atoms with Crippen molar-refractivity contribution < 1.29 is 23.1 Å². The van der Waals surface area contributed by atoms with Crippen LogP contribution < -0.4 is 4.74 Å². The smallest absolute Gasteiger partial charge is 0.257 e. The summed E-state index contributed by atoms with van der Waals surface area (Å²) in [6, 6.07) is 13.5. The lowest BCUT2D eigenvalue weighted by Gasteiger charge is -2.37. The predicted molar refractivity (Wildman–Crippen MR) is 136 cm³/mol. The minimum atomic E-state index is -0.610. The zero-order valence-corrected chi connectivity index (χ0v) is 21.3. The van der Waals surface area contributed by atoms with Crippen molar-refractivity contribution in [3.63, 3.8) is 0 Å². The second-order valence-electron chi connectivity index (χ2n) is 9.07. The number of hydrogen-bond donors (Lipinski definition) is 0. The molecule has 0 bridgehead atoms. The summed E-state index contributed by atoms with van der Waals surface area (Å²) in [6.07, 6.45) is 1.51. The number of amides is 2. The minimum Gasteiger partial charge on any atom is -0.488 e. The molecule has 8 heteroatoms. The van der Waals surface area contributed by atoms with Crippen LogP contribution in [0.3, 0.4) is 0 Å². The fourth-order valence-electron chi connectivity index (χ4n) is 4.39. The predicted octanol–water partition coefficient (Wildman–Crippen LogP) is 5.72. The van der Waals surface area contributed by atoms with Crippen LogP contribution in [0.25, 0.3) is 0 Å². The Labute approximate surface area is 214 Å². The Balaban J connectivity index is 1.56. The zero-order valence-electron chi connectivity index (χ0n) is 20.5. The number of carbonyl (C=O) groups is 2. The molecule has 0 aliphatic carbocycles. The van der Waals surface area contributed by atoms with Gasteiger partial charge in [0.25, 0.3) is 5.91 Å². The number of carbonyl (C=O) groups excluding carboxylic acids is 2. The van der Waals surface area contributed by atoms with Gasteiger partial charge in [-0.2, -0.15) is 0 Å². The largest absolute Gasteiger partial charge is 0.488 e. The molecule has 1 aliphatic rings. The van der Waals surface area contributed by atoms with Crippen molar-refractivity contribution >= 4 is 23.2 Å². The Kier molecular flexibility index (Phi) is 8.36. The summed E-state index contributed by atoms with van der Waals surface area (Å²) in [5.74, 6) is -1.57. The minimum absolute atomic E-state index is 0.0493. The van der Waals surface area contributed by atoms with E-state index in [1.54, 1.807) is 40.5 Å². The van der Waals surface area contributed by atoms with E-state index >= 15 is 0 Å². The maximum absolute atomic E-state index is 14.4. The standard InChI is InChI=1S/C28H30F2N2O3S/c1-3-19(2)16-31(28(34)20-8-4-5-9-22(20)29)17-27(33)32-14-12-26-21(13-15-36-26)24(32)18-35-25-11-7-6-10-23(25)30/h4-11,13,15,19,24H,3,12,14,16-18H2,1-2H3. The van der Waals surface area contributed by atoms with Gasteiger partial charge in [-0.1, -0.05) is 44.5 Å². The van der Waals surface area contributed by atoms with Crippen molar-refractivity contribution in [3.05, 3.63) is 87.6 Å². The van der Waals surface area contributed by atoms with E-state index in [-0.39, 0.29) is 36.3 Å². The average molecular weight is 513 g/mol. The molecule has 1 aliphatic heterocycles. The molecule has 2 atom stereocenters. The number of halogens is 2.